The monoisotopic (exact) mass is 399 g/mol. The second-order valence-electron chi connectivity index (χ2n) is 7.68. The molecule has 0 aliphatic carbocycles. The summed E-state index contributed by atoms with van der Waals surface area (Å²) in [5.74, 6) is 0.287. The molecule has 1 atom stereocenters. The predicted octanol–water partition coefficient (Wildman–Crippen LogP) is 1.96. The van der Waals surface area contributed by atoms with Crippen LogP contribution in [-0.4, -0.2) is 58.8 Å². The van der Waals surface area contributed by atoms with Gasteiger partial charge in [-0.2, -0.15) is 14.7 Å². The Bertz CT molecular complexity index is 991. The van der Waals surface area contributed by atoms with Crippen molar-refractivity contribution < 1.29 is 8.42 Å². The number of rotatable bonds is 4. The third-order valence-electron chi connectivity index (χ3n) is 5.61. The van der Waals surface area contributed by atoms with Crippen LogP contribution < -0.4 is 0 Å². The maximum atomic E-state index is 12.3. The lowest BCUT2D eigenvalue weighted by atomic mass is 10.0. The molecule has 2 fully saturated rings. The Hall–Kier alpha value is -2.21. The number of aromatic nitrogens is 2. The molecule has 0 spiro atoms. The molecule has 2 saturated heterocycles. The molecule has 28 heavy (non-hydrogen) atoms. The average molecular weight is 400 g/mol. The van der Waals surface area contributed by atoms with Gasteiger partial charge in [0.25, 0.3) is 0 Å². The van der Waals surface area contributed by atoms with Gasteiger partial charge in [-0.15, -0.1) is 0 Å². The van der Waals surface area contributed by atoms with Crippen molar-refractivity contribution in [2.45, 2.75) is 31.8 Å². The van der Waals surface area contributed by atoms with Crippen LogP contribution in [0.15, 0.2) is 30.5 Å². The van der Waals surface area contributed by atoms with Crippen LogP contribution >= 0.6 is 0 Å². The molecule has 3 heterocycles. The van der Waals surface area contributed by atoms with Crippen LogP contribution in [-0.2, 0) is 23.6 Å². The normalized spacial score (nSPS) is 22.9. The maximum Gasteiger partial charge on any atom is 0.214 e. The largest absolute Gasteiger partial charge is 0.297 e. The number of benzene rings is 1. The summed E-state index contributed by atoms with van der Waals surface area (Å²) in [5.41, 5.74) is 3.66. The number of hydrogen-bond acceptors (Lipinski definition) is 5. The highest BCUT2D eigenvalue weighted by Gasteiger charge is 2.36. The van der Waals surface area contributed by atoms with E-state index in [1.165, 1.54) is 0 Å². The highest BCUT2D eigenvalue weighted by atomic mass is 32.2. The first-order valence-corrected chi connectivity index (χ1v) is 11.3. The third kappa shape index (κ3) is 3.83. The van der Waals surface area contributed by atoms with E-state index in [1.54, 1.807) is 4.31 Å². The van der Waals surface area contributed by atoms with E-state index in [9.17, 15) is 8.42 Å². The van der Waals surface area contributed by atoms with Gasteiger partial charge in [0.2, 0.25) is 10.0 Å². The van der Waals surface area contributed by atoms with Crippen molar-refractivity contribution in [3.05, 3.63) is 41.6 Å². The Kier molecular flexibility index (Phi) is 5.23. The van der Waals surface area contributed by atoms with Gasteiger partial charge < -0.3 is 0 Å². The van der Waals surface area contributed by atoms with Crippen LogP contribution in [0.25, 0.3) is 11.3 Å². The fourth-order valence-electron chi connectivity index (χ4n) is 4.32. The number of sulfonamides is 1. The number of aryl methyl sites for hydroxylation is 1. The van der Waals surface area contributed by atoms with E-state index in [4.69, 9.17) is 5.26 Å². The van der Waals surface area contributed by atoms with E-state index in [0.29, 0.717) is 12.1 Å². The van der Waals surface area contributed by atoms with Gasteiger partial charge in [-0.25, -0.2) is 8.42 Å². The fourth-order valence-corrected chi connectivity index (χ4v) is 6.08. The van der Waals surface area contributed by atoms with E-state index in [0.717, 1.165) is 55.7 Å². The molecular formula is C20H25N5O2S. The van der Waals surface area contributed by atoms with Crippen molar-refractivity contribution in [1.29, 1.82) is 5.26 Å². The van der Waals surface area contributed by atoms with Crippen molar-refractivity contribution in [2.24, 2.45) is 7.05 Å². The van der Waals surface area contributed by atoms with Crippen LogP contribution in [0.1, 0.15) is 30.4 Å². The zero-order chi connectivity index (χ0) is 19.7. The lowest BCUT2D eigenvalue weighted by Crippen LogP contribution is -2.48. The molecule has 8 heteroatoms. The molecule has 4 rings (SSSR count). The second-order valence-corrected chi connectivity index (χ2v) is 9.72. The first-order valence-electron chi connectivity index (χ1n) is 9.71. The van der Waals surface area contributed by atoms with Crippen LogP contribution in [0.5, 0.6) is 0 Å². The predicted molar refractivity (Wildman–Crippen MR) is 107 cm³/mol. The van der Waals surface area contributed by atoms with Gasteiger partial charge in [-0.1, -0.05) is 12.1 Å². The number of hydrogen-bond donors (Lipinski definition) is 0. The average Bonchev–Trinajstić information content (AvgIpc) is 3.23. The number of likely N-dealkylation sites (tertiary alicyclic amines) is 1. The van der Waals surface area contributed by atoms with E-state index in [1.807, 2.05) is 42.2 Å². The number of piperidine rings is 1. The summed E-state index contributed by atoms with van der Waals surface area (Å²) in [7, 11) is -1.16. The molecular weight excluding hydrogens is 374 g/mol. The smallest absolute Gasteiger partial charge is 0.214 e. The quantitative estimate of drug-likeness (QED) is 0.785. The molecule has 0 bridgehead atoms. The Morgan fingerprint density at radius 3 is 2.68 bits per heavy atom. The zero-order valence-electron chi connectivity index (χ0n) is 16.1. The van der Waals surface area contributed by atoms with Crippen molar-refractivity contribution in [2.75, 3.05) is 25.4 Å². The highest BCUT2D eigenvalue weighted by molar-refractivity contribution is 7.89. The van der Waals surface area contributed by atoms with Crippen molar-refractivity contribution >= 4 is 10.0 Å². The summed E-state index contributed by atoms with van der Waals surface area (Å²) in [6, 6.07) is 9.70. The summed E-state index contributed by atoms with van der Waals surface area (Å²) in [6.45, 7) is 3.13. The maximum absolute atomic E-state index is 12.3. The summed E-state index contributed by atoms with van der Waals surface area (Å²) in [5, 5.41) is 13.6. The van der Waals surface area contributed by atoms with Crippen molar-refractivity contribution in [1.82, 2.24) is 19.0 Å². The molecule has 0 amide bonds. The topological polar surface area (TPSA) is 82.2 Å². The minimum atomic E-state index is -3.07. The lowest BCUT2D eigenvalue weighted by Gasteiger charge is -2.36. The summed E-state index contributed by atoms with van der Waals surface area (Å²) < 4.78 is 28.1. The summed E-state index contributed by atoms with van der Waals surface area (Å²) >= 11 is 0. The highest BCUT2D eigenvalue weighted by Crippen LogP contribution is 2.27. The van der Waals surface area contributed by atoms with Gasteiger partial charge >= 0.3 is 0 Å². The van der Waals surface area contributed by atoms with Crippen LogP contribution in [0.4, 0.5) is 0 Å². The van der Waals surface area contributed by atoms with Crippen molar-refractivity contribution in [3.8, 4) is 17.3 Å². The van der Waals surface area contributed by atoms with Crippen molar-refractivity contribution in [3.63, 3.8) is 0 Å². The SMILES string of the molecule is Cn1cc(CN2CCCC(N3CCCS3(=O)=O)C2)c(-c2ccc(C#N)cc2)n1. The van der Waals surface area contributed by atoms with Crippen LogP contribution in [0.3, 0.4) is 0 Å². The van der Waals surface area contributed by atoms with Crippen LogP contribution in [0, 0.1) is 11.3 Å². The number of nitrogens with zero attached hydrogens (tertiary/aromatic N) is 5. The second kappa shape index (κ2) is 7.66. The van der Waals surface area contributed by atoms with Gasteiger partial charge in [0.15, 0.2) is 0 Å². The molecule has 7 nitrogen and oxygen atoms in total. The van der Waals surface area contributed by atoms with E-state index < -0.39 is 10.0 Å². The molecule has 2 aliphatic heterocycles. The molecule has 1 aromatic carbocycles. The summed E-state index contributed by atoms with van der Waals surface area (Å²) in [4.78, 5) is 2.34. The Labute approximate surface area is 166 Å². The minimum absolute atomic E-state index is 0.0799. The van der Waals surface area contributed by atoms with Gasteiger partial charge in [-0.3, -0.25) is 9.58 Å². The molecule has 0 radical (unpaired) electrons. The van der Waals surface area contributed by atoms with E-state index in [-0.39, 0.29) is 11.8 Å². The van der Waals surface area contributed by atoms with E-state index >= 15 is 0 Å². The lowest BCUT2D eigenvalue weighted by molar-refractivity contribution is 0.146. The first kappa shape index (κ1) is 19.1. The van der Waals surface area contributed by atoms with Gasteiger partial charge in [0.05, 0.1) is 23.1 Å². The minimum Gasteiger partial charge on any atom is -0.297 e. The first-order chi connectivity index (χ1) is 13.5. The molecule has 0 N–H and O–H groups in total. The van der Waals surface area contributed by atoms with Gasteiger partial charge in [0, 0.05) is 50.0 Å². The Balaban J connectivity index is 1.52. The van der Waals surface area contributed by atoms with Gasteiger partial charge in [-0.05, 0) is 37.9 Å². The Morgan fingerprint density at radius 1 is 1.21 bits per heavy atom. The summed E-state index contributed by atoms with van der Waals surface area (Å²) in [6.07, 6.45) is 4.71. The Morgan fingerprint density at radius 2 is 2.00 bits per heavy atom. The fraction of sp³-hybridized carbons (Fsp3) is 0.500. The van der Waals surface area contributed by atoms with Crippen LogP contribution in [0.2, 0.25) is 0 Å². The molecule has 1 unspecified atom stereocenters. The standard InChI is InChI=1S/C20H25N5O2S/c1-23-13-18(20(22-23)17-7-5-16(12-21)6-8-17)14-24-9-2-4-19(15-24)25-10-3-11-28(25,26)27/h5-8,13,19H,2-4,9-11,14-15H2,1H3. The molecule has 1 aromatic heterocycles. The number of nitriles is 1. The zero-order valence-corrected chi connectivity index (χ0v) is 16.9. The molecule has 2 aromatic rings. The molecule has 2 aliphatic rings. The van der Waals surface area contributed by atoms with Gasteiger partial charge in [0.1, 0.15) is 0 Å². The third-order valence-corrected chi connectivity index (χ3v) is 7.61. The van der Waals surface area contributed by atoms with E-state index in [2.05, 4.69) is 16.1 Å². The molecule has 148 valence electrons. The molecule has 0 saturated carbocycles.